The lowest BCUT2D eigenvalue weighted by Crippen LogP contribution is -2.39. The lowest BCUT2D eigenvalue weighted by Gasteiger charge is -2.12. The summed E-state index contributed by atoms with van der Waals surface area (Å²) in [5.41, 5.74) is 1.65. The highest BCUT2D eigenvalue weighted by molar-refractivity contribution is 6.35. The highest BCUT2D eigenvalue weighted by Crippen LogP contribution is 2.25. The van der Waals surface area contributed by atoms with Crippen molar-refractivity contribution in [3.63, 3.8) is 0 Å². The van der Waals surface area contributed by atoms with Crippen molar-refractivity contribution in [2.75, 3.05) is 5.32 Å². The van der Waals surface area contributed by atoms with E-state index < -0.39 is 5.69 Å². The van der Waals surface area contributed by atoms with Crippen molar-refractivity contribution in [3.05, 3.63) is 55.8 Å². The Hall–Kier alpha value is -3.00. The number of aryl methyl sites for hydroxylation is 2. The minimum absolute atomic E-state index is 0.128. The fourth-order valence-corrected chi connectivity index (χ4v) is 4.63. The third-order valence-corrected chi connectivity index (χ3v) is 6.37. The number of H-pyrrole nitrogens is 1. The molecule has 0 radical (unpaired) electrons. The molecule has 8 nitrogen and oxygen atoms in total. The first kappa shape index (κ1) is 22.2. The Labute approximate surface area is 190 Å². The molecular weight excluding hydrogens is 428 g/mol. The smallest absolute Gasteiger partial charge is 0.332 e. The molecule has 0 unspecified atom stereocenters. The van der Waals surface area contributed by atoms with E-state index in [1.54, 1.807) is 11.6 Å². The molecule has 0 amide bonds. The normalized spacial score (nSPS) is 14.2. The summed E-state index contributed by atoms with van der Waals surface area (Å²) < 4.78 is 4.43. The van der Waals surface area contributed by atoms with E-state index in [4.69, 9.17) is 11.6 Å². The van der Waals surface area contributed by atoms with Gasteiger partial charge in [-0.3, -0.25) is 13.9 Å². The van der Waals surface area contributed by atoms with Crippen LogP contribution in [0.25, 0.3) is 22.1 Å². The van der Waals surface area contributed by atoms with Crippen LogP contribution >= 0.6 is 11.6 Å². The van der Waals surface area contributed by atoms with Crippen LogP contribution in [0.1, 0.15) is 45.2 Å². The standard InChI is InChI=1S/C21H23ClN6O2.C2H6/c1-26-17-18(25-20(26)24-12-6-3-4-7-12)27(2)21(30)28(19(17)29)11-13-10-14-15(22)8-5-9-16(14)23-13;1-2/h5,8-10,12,23H,3-4,6-7,11H2,1-2H3,(H,24,25);1-2H3. The molecule has 3 heterocycles. The second-order valence-electron chi connectivity index (χ2n) is 8.02. The van der Waals surface area contributed by atoms with Gasteiger partial charge in [0.1, 0.15) is 0 Å². The maximum Gasteiger partial charge on any atom is 0.332 e. The van der Waals surface area contributed by atoms with Gasteiger partial charge in [-0.1, -0.05) is 44.4 Å². The molecule has 32 heavy (non-hydrogen) atoms. The maximum absolute atomic E-state index is 13.3. The molecule has 0 saturated heterocycles. The monoisotopic (exact) mass is 456 g/mol. The third kappa shape index (κ3) is 3.72. The number of imidazole rings is 1. The van der Waals surface area contributed by atoms with Crippen molar-refractivity contribution in [2.45, 2.75) is 52.1 Å². The van der Waals surface area contributed by atoms with Crippen LogP contribution < -0.4 is 16.6 Å². The molecule has 1 aromatic carbocycles. The van der Waals surface area contributed by atoms with Gasteiger partial charge in [-0.05, 0) is 31.0 Å². The van der Waals surface area contributed by atoms with Crippen molar-refractivity contribution in [1.29, 1.82) is 0 Å². The number of halogens is 1. The molecule has 1 saturated carbocycles. The van der Waals surface area contributed by atoms with Crippen LogP contribution in [0.4, 0.5) is 5.95 Å². The van der Waals surface area contributed by atoms with E-state index in [-0.39, 0.29) is 12.1 Å². The van der Waals surface area contributed by atoms with E-state index in [1.165, 1.54) is 22.0 Å². The van der Waals surface area contributed by atoms with Crippen LogP contribution in [0, 0.1) is 0 Å². The zero-order chi connectivity index (χ0) is 23.0. The molecule has 5 rings (SSSR count). The Morgan fingerprint density at radius 1 is 1.16 bits per heavy atom. The molecule has 9 heteroatoms. The second kappa shape index (κ2) is 8.86. The molecule has 0 aliphatic heterocycles. The van der Waals surface area contributed by atoms with Crippen molar-refractivity contribution in [3.8, 4) is 0 Å². The fourth-order valence-electron chi connectivity index (χ4n) is 4.40. The Balaban J connectivity index is 0.00000119. The Morgan fingerprint density at radius 3 is 2.56 bits per heavy atom. The summed E-state index contributed by atoms with van der Waals surface area (Å²) in [4.78, 5) is 34.1. The fraction of sp³-hybridized carbons (Fsp3) is 0.435. The summed E-state index contributed by atoms with van der Waals surface area (Å²) in [5.74, 6) is 0.624. The first-order chi connectivity index (χ1) is 15.4. The summed E-state index contributed by atoms with van der Waals surface area (Å²) >= 11 is 6.26. The van der Waals surface area contributed by atoms with Crippen molar-refractivity contribution >= 4 is 39.6 Å². The summed E-state index contributed by atoms with van der Waals surface area (Å²) in [6.45, 7) is 4.13. The summed E-state index contributed by atoms with van der Waals surface area (Å²) in [7, 11) is 3.46. The number of aromatic nitrogens is 5. The lowest BCUT2D eigenvalue weighted by molar-refractivity contribution is 0.648. The van der Waals surface area contributed by atoms with Gasteiger partial charge in [0.05, 0.1) is 6.54 Å². The van der Waals surface area contributed by atoms with Crippen LogP contribution in [0.2, 0.25) is 5.02 Å². The quantitative estimate of drug-likeness (QED) is 0.485. The van der Waals surface area contributed by atoms with Gasteiger partial charge in [-0.2, -0.15) is 4.98 Å². The van der Waals surface area contributed by atoms with Crippen molar-refractivity contribution < 1.29 is 0 Å². The molecule has 4 aromatic rings. The van der Waals surface area contributed by atoms with Crippen LogP contribution in [0.15, 0.2) is 33.9 Å². The second-order valence-corrected chi connectivity index (χ2v) is 8.43. The highest BCUT2D eigenvalue weighted by atomic mass is 35.5. The van der Waals surface area contributed by atoms with E-state index >= 15 is 0 Å². The lowest BCUT2D eigenvalue weighted by atomic mass is 10.2. The summed E-state index contributed by atoms with van der Waals surface area (Å²) in [6, 6.07) is 7.82. The average Bonchev–Trinajstić information content (AvgIpc) is 3.52. The van der Waals surface area contributed by atoms with E-state index in [0.29, 0.717) is 28.2 Å². The van der Waals surface area contributed by atoms with Gasteiger partial charge in [-0.15, -0.1) is 0 Å². The first-order valence-corrected chi connectivity index (χ1v) is 11.5. The van der Waals surface area contributed by atoms with E-state index in [1.807, 2.05) is 45.2 Å². The van der Waals surface area contributed by atoms with Gasteiger partial charge in [0.25, 0.3) is 5.56 Å². The van der Waals surface area contributed by atoms with Gasteiger partial charge in [0.2, 0.25) is 5.95 Å². The molecule has 170 valence electrons. The first-order valence-electron chi connectivity index (χ1n) is 11.1. The number of hydrogen-bond donors (Lipinski definition) is 2. The van der Waals surface area contributed by atoms with E-state index in [9.17, 15) is 9.59 Å². The van der Waals surface area contributed by atoms with Gasteiger partial charge in [0.15, 0.2) is 11.2 Å². The minimum atomic E-state index is -0.400. The van der Waals surface area contributed by atoms with Crippen molar-refractivity contribution in [1.82, 2.24) is 23.7 Å². The van der Waals surface area contributed by atoms with Crippen LogP contribution in [-0.2, 0) is 20.6 Å². The molecule has 1 aliphatic rings. The molecule has 2 N–H and O–H groups in total. The number of benzene rings is 1. The molecular formula is C23H29ClN6O2. The molecule has 0 bridgehead atoms. The van der Waals surface area contributed by atoms with E-state index in [2.05, 4.69) is 15.3 Å². The Bertz CT molecular complexity index is 1390. The third-order valence-electron chi connectivity index (χ3n) is 6.04. The summed E-state index contributed by atoms with van der Waals surface area (Å²) in [6.07, 6.45) is 4.58. The maximum atomic E-state index is 13.3. The number of aromatic amines is 1. The summed E-state index contributed by atoms with van der Waals surface area (Å²) in [5, 5.41) is 4.92. The number of hydrogen-bond acceptors (Lipinski definition) is 4. The van der Waals surface area contributed by atoms with Crippen molar-refractivity contribution in [2.24, 2.45) is 14.1 Å². The van der Waals surface area contributed by atoms with Gasteiger partial charge in [-0.25, -0.2) is 4.79 Å². The number of nitrogens with one attached hydrogen (secondary N) is 2. The Kier molecular flexibility index (Phi) is 6.15. The van der Waals surface area contributed by atoms with Crippen LogP contribution in [0.3, 0.4) is 0 Å². The van der Waals surface area contributed by atoms with Gasteiger partial charge >= 0.3 is 5.69 Å². The largest absolute Gasteiger partial charge is 0.357 e. The van der Waals surface area contributed by atoms with Crippen LogP contribution in [-0.4, -0.2) is 29.7 Å². The molecule has 1 fully saturated rings. The molecule has 0 atom stereocenters. The number of nitrogens with zero attached hydrogens (tertiary/aromatic N) is 4. The number of fused-ring (bicyclic) bond motifs is 2. The predicted molar refractivity (Wildman–Crippen MR) is 130 cm³/mol. The average molecular weight is 457 g/mol. The zero-order valence-electron chi connectivity index (χ0n) is 18.9. The molecule has 0 spiro atoms. The zero-order valence-corrected chi connectivity index (χ0v) is 19.7. The highest BCUT2D eigenvalue weighted by Gasteiger charge is 2.22. The van der Waals surface area contributed by atoms with Gasteiger partial charge in [0, 0.05) is 41.8 Å². The number of rotatable bonds is 4. The minimum Gasteiger partial charge on any atom is -0.357 e. The Morgan fingerprint density at radius 2 is 1.88 bits per heavy atom. The topological polar surface area (TPSA) is 89.6 Å². The SMILES string of the molecule is CC.Cn1c(NC2CCCC2)nc2c1c(=O)n(Cc1cc3c(Cl)cccc3[nH]1)c(=O)n2C. The predicted octanol–water partition coefficient (Wildman–Crippen LogP) is 4.00. The number of anilines is 1. The van der Waals surface area contributed by atoms with Gasteiger partial charge < -0.3 is 14.9 Å². The molecule has 1 aliphatic carbocycles. The molecule has 3 aromatic heterocycles. The van der Waals surface area contributed by atoms with E-state index in [0.717, 1.165) is 29.4 Å². The van der Waals surface area contributed by atoms with Crippen LogP contribution in [0.5, 0.6) is 0 Å².